The molecule has 0 aliphatic heterocycles. The number of nitrogens with one attached hydrogen (secondary N) is 1. The average Bonchev–Trinajstić information content (AvgIpc) is 2.87. The van der Waals surface area contributed by atoms with Crippen molar-refractivity contribution in [3.8, 4) is 0 Å². The summed E-state index contributed by atoms with van der Waals surface area (Å²) in [4.78, 5) is 0. The van der Waals surface area contributed by atoms with Gasteiger partial charge in [-0.25, -0.2) is 0 Å². The first-order valence-electron chi connectivity index (χ1n) is 5.59. The maximum Gasteiger partial charge on any atom is 0.0625 e. The summed E-state index contributed by atoms with van der Waals surface area (Å²) in [5.74, 6) is 0.894. The molecule has 0 aromatic rings. The molecule has 0 spiro atoms. The first kappa shape index (κ1) is 11.0. The van der Waals surface area contributed by atoms with Crippen molar-refractivity contribution >= 4 is 0 Å². The van der Waals surface area contributed by atoms with E-state index in [-0.39, 0.29) is 0 Å². The standard InChI is InChI=1S/C11H23NO/c1-4-7-12-11(10-5-6-10)8-13-9(2)3/h9-12H,4-8H2,1-3H3. The highest BCUT2D eigenvalue weighted by Gasteiger charge is 2.30. The van der Waals surface area contributed by atoms with Gasteiger partial charge in [-0.15, -0.1) is 0 Å². The predicted molar refractivity (Wildman–Crippen MR) is 55.9 cm³/mol. The van der Waals surface area contributed by atoms with Crippen molar-refractivity contribution in [2.45, 2.75) is 52.2 Å². The predicted octanol–water partition coefficient (Wildman–Crippen LogP) is 2.19. The minimum absolute atomic E-state index is 0.365. The van der Waals surface area contributed by atoms with Gasteiger partial charge in [0.05, 0.1) is 12.7 Å². The van der Waals surface area contributed by atoms with Gasteiger partial charge in [-0.05, 0) is 45.6 Å². The van der Waals surface area contributed by atoms with Crippen LogP contribution < -0.4 is 5.32 Å². The van der Waals surface area contributed by atoms with Crippen molar-refractivity contribution in [1.82, 2.24) is 5.32 Å². The lowest BCUT2D eigenvalue weighted by Gasteiger charge is -2.19. The van der Waals surface area contributed by atoms with Crippen LogP contribution in [0.25, 0.3) is 0 Å². The molecule has 0 amide bonds. The second kappa shape index (κ2) is 5.61. The smallest absolute Gasteiger partial charge is 0.0625 e. The second-order valence-electron chi connectivity index (χ2n) is 4.28. The van der Waals surface area contributed by atoms with Crippen LogP contribution in [0.4, 0.5) is 0 Å². The molecule has 1 N–H and O–H groups in total. The summed E-state index contributed by atoms with van der Waals surface area (Å²) in [5, 5.41) is 3.56. The molecule has 1 fully saturated rings. The molecule has 2 nitrogen and oxygen atoms in total. The molecule has 1 atom stereocenters. The maximum absolute atomic E-state index is 5.64. The van der Waals surface area contributed by atoms with Gasteiger partial charge < -0.3 is 10.1 Å². The largest absolute Gasteiger partial charge is 0.377 e. The summed E-state index contributed by atoms with van der Waals surface area (Å²) < 4.78 is 5.64. The van der Waals surface area contributed by atoms with Crippen LogP contribution in [0.3, 0.4) is 0 Å². The maximum atomic E-state index is 5.64. The highest BCUT2D eigenvalue weighted by Crippen LogP contribution is 2.32. The highest BCUT2D eigenvalue weighted by molar-refractivity contribution is 4.86. The Balaban J connectivity index is 2.13. The molecular weight excluding hydrogens is 162 g/mol. The Hall–Kier alpha value is -0.0800. The van der Waals surface area contributed by atoms with Gasteiger partial charge in [0.1, 0.15) is 0 Å². The van der Waals surface area contributed by atoms with Gasteiger partial charge in [0.2, 0.25) is 0 Å². The van der Waals surface area contributed by atoms with E-state index >= 15 is 0 Å². The van der Waals surface area contributed by atoms with Gasteiger partial charge in [0, 0.05) is 6.04 Å². The van der Waals surface area contributed by atoms with E-state index < -0.39 is 0 Å². The second-order valence-corrected chi connectivity index (χ2v) is 4.28. The lowest BCUT2D eigenvalue weighted by atomic mass is 10.2. The summed E-state index contributed by atoms with van der Waals surface area (Å²) in [6.45, 7) is 8.43. The number of hydrogen-bond donors (Lipinski definition) is 1. The zero-order chi connectivity index (χ0) is 9.68. The summed E-state index contributed by atoms with van der Waals surface area (Å²) in [5.41, 5.74) is 0. The zero-order valence-corrected chi connectivity index (χ0v) is 9.18. The van der Waals surface area contributed by atoms with Crippen molar-refractivity contribution in [2.75, 3.05) is 13.2 Å². The number of rotatable bonds is 7. The third kappa shape index (κ3) is 4.63. The van der Waals surface area contributed by atoms with Gasteiger partial charge in [-0.2, -0.15) is 0 Å². The van der Waals surface area contributed by atoms with Crippen LogP contribution in [0.2, 0.25) is 0 Å². The van der Waals surface area contributed by atoms with E-state index in [1.807, 2.05) is 0 Å². The Morgan fingerprint density at radius 1 is 1.38 bits per heavy atom. The Morgan fingerprint density at radius 3 is 2.54 bits per heavy atom. The van der Waals surface area contributed by atoms with E-state index in [2.05, 4.69) is 26.1 Å². The Morgan fingerprint density at radius 2 is 2.08 bits per heavy atom. The Labute approximate surface area is 82.0 Å². The molecular formula is C11H23NO. The molecule has 0 radical (unpaired) electrons. The van der Waals surface area contributed by atoms with Crippen molar-refractivity contribution in [2.24, 2.45) is 5.92 Å². The minimum Gasteiger partial charge on any atom is -0.377 e. The first-order valence-corrected chi connectivity index (χ1v) is 5.59. The topological polar surface area (TPSA) is 21.3 Å². The first-order chi connectivity index (χ1) is 6.24. The fraction of sp³-hybridized carbons (Fsp3) is 1.00. The summed E-state index contributed by atoms with van der Waals surface area (Å²) in [7, 11) is 0. The van der Waals surface area contributed by atoms with Gasteiger partial charge in [0.15, 0.2) is 0 Å². The van der Waals surface area contributed by atoms with E-state index in [9.17, 15) is 0 Å². The molecule has 0 saturated heterocycles. The quantitative estimate of drug-likeness (QED) is 0.656. The van der Waals surface area contributed by atoms with Crippen LogP contribution in [0.15, 0.2) is 0 Å². The minimum atomic E-state index is 0.365. The third-order valence-corrected chi connectivity index (χ3v) is 2.46. The molecule has 0 heterocycles. The molecule has 2 heteroatoms. The number of hydrogen-bond acceptors (Lipinski definition) is 2. The van der Waals surface area contributed by atoms with Crippen LogP contribution in [0.5, 0.6) is 0 Å². The molecule has 1 rings (SSSR count). The third-order valence-electron chi connectivity index (χ3n) is 2.46. The molecule has 1 aliphatic carbocycles. The molecule has 13 heavy (non-hydrogen) atoms. The summed E-state index contributed by atoms with van der Waals surface area (Å²) in [6, 6.07) is 0.613. The highest BCUT2D eigenvalue weighted by atomic mass is 16.5. The molecule has 0 aromatic heterocycles. The van der Waals surface area contributed by atoms with E-state index in [0.717, 1.165) is 19.1 Å². The summed E-state index contributed by atoms with van der Waals surface area (Å²) in [6.07, 6.45) is 4.36. The van der Waals surface area contributed by atoms with Crippen molar-refractivity contribution in [3.63, 3.8) is 0 Å². The molecule has 1 aliphatic rings. The number of ether oxygens (including phenoxy) is 1. The van der Waals surface area contributed by atoms with Crippen LogP contribution in [0, 0.1) is 5.92 Å². The normalized spacial score (nSPS) is 19.4. The molecule has 1 saturated carbocycles. The molecule has 0 aromatic carbocycles. The monoisotopic (exact) mass is 185 g/mol. The fourth-order valence-corrected chi connectivity index (χ4v) is 1.49. The fourth-order valence-electron chi connectivity index (χ4n) is 1.49. The molecule has 1 unspecified atom stereocenters. The lowest BCUT2D eigenvalue weighted by Crippen LogP contribution is -2.36. The SMILES string of the molecule is CCCNC(COC(C)C)C1CC1. The molecule has 78 valence electrons. The van der Waals surface area contributed by atoms with E-state index in [1.165, 1.54) is 19.3 Å². The summed E-state index contributed by atoms with van der Waals surface area (Å²) >= 11 is 0. The van der Waals surface area contributed by atoms with Gasteiger partial charge in [0.25, 0.3) is 0 Å². The van der Waals surface area contributed by atoms with E-state index in [4.69, 9.17) is 4.74 Å². The van der Waals surface area contributed by atoms with Gasteiger partial charge >= 0.3 is 0 Å². The zero-order valence-electron chi connectivity index (χ0n) is 9.18. The van der Waals surface area contributed by atoms with Gasteiger partial charge in [-0.1, -0.05) is 6.92 Å². The van der Waals surface area contributed by atoms with Crippen molar-refractivity contribution in [3.05, 3.63) is 0 Å². The van der Waals surface area contributed by atoms with E-state index in [1.54, 1.807) is 0 Å². The average molecular weight is 185 g/mol. The van der Waals surface area contributed by atoms with Crippen molar-refractivity contribution in [1.29, 1.82) is 0 Å². The lowest BCUT2D eigenvalue weighted by molar-refractivity contribution is 0.0569. The van der Waals surface area contributed by atoms with Crippen LogP contribution in [0.1, 0.15) is 40.0 Å². The van der Waals surface area contributed by atoms with Crippen LogP contribution >= 0.6 is 0 Å². The van der Waals surface area contributed by atoms with E-state index in [0.29, 0.717) is 12.1 Å². The van der Waals surface area contributed by atoms with Crippen LogP contribution in [-0.4, -0.2) is 25.3 Å². The Bertz CT molecular complexity index is 132. The molecule has 0 bridgehead atoms. The van der Waals surface area contributed by atoms with Crippen molar-refractivity contribution < 1.29 is 4.74 Å². The van der Waals surface area contributed by atoms with Gasteiger partial charge in [-0.3, -0.25) is 0 Å². The van der Waals surface area contributed by atoms with Crippen LogP contribution in [-0.2, 0) is 4.74 Å². The Kier molecular flexibility index (Phi) is 4.74.